The second kappa shape index (κ2) is 8.79. The lowest BCUT2D eigenvalue weighted by atomic mass is 10.0. The van der Waals surface area contributed by atoms with E-state index in [1.54, 1.807) is 4.90 Å². The van der Waals surface area contributed by atoms with Crippen molar-refractivity contribution >= 4 is 5.91 Å². The van der Waals surface area contributed by atoms with Crippen molar-refractivity contribution in [3.8, 4) is 5.75 Å². The number of ether oxygens (including phenoxy) is 1. The Hall–Kier alpha value is -1.55. The van der Waals surface area contributed by atoms with E-state index in [0.717, 1.165) is 12.2 Å². The number of amides is 1. The summed E-state index contributed by atoms with van der Waals surface area (Å²) in [4.78, 5) is 13.8. The molecule has 0 aromatic heterocycles. The molecule has 0 aliphatic rings. The molecule has 1 unspecified atom stereocenters. The van der Waals surface area contributed by atoms with Crippen molar-refractivity contribution in [1.29, 1.82) is 0 Å². The van der Waals surface area contributed by atoms with Crippen LogP contribution in [0.4, 0.5) is 0 Å². The molecule has 124 valence electrons. The van der Waals surface area contributed by atoms with Crippen molar-refractivity contribution in [3.63, 3.8) is 0 Å². The van der Waals surface area contributed by atoms with Crippen molar-refractivity contribution in [3.05, 3.63) is 29.3 Å². The van der Waals surface area contributed by atoms with Gasteiger partial charge in [0.05, 0.1) is 13.0 Å². The van der Waals surface area contributed by atoms with Gasteiger partial charge < -0.3 is 15.4 Å². The zero-order chi connectivity index (χ0) is 16.7. The van der Waals surface area contributed by atoms with E-state index >= 15 is 0 Å². The van der Waals surface area contributed by atoms with Crippen molar-refractivity contribution in [2.24, 2.45) is 11.7 Å². The van der Waals surface area contributed by atoms with Gasteiger partial charge in [-0.3, -0.25) is 4.79 Å². The summed E-state index contributed by atoms with van der Waals surface area (Å²) in [7, 11) is 1.82. The highest BCUT2D eigenvalue weighted by molar-refractivity contribution is 5.75. The molecule has 0 aliphatic carbocycles. The lowest BCUT2D eigenvalue weighted by Crippen LogP contribution is -2.35. The van der Waals surface area contributed by atoms with Gasteiger partial charge in [-0.25, -0.2) is 0 Å². The van der Waals surface area contributed by atoms with Gasteiger partial charge in [-0.1, -0.05) is 19.9 Å². The van der Waals surface area contributed by atoms with Gasteiger partial charge in [0, 0.05) is 19.6 Å². The molecule has 0 saturated carbocycles. The van der Waals surface area contributed by atoms with Crippen LogP contribution >= 0.6 is 0 Å². The first-order valence-electron chi connectivity index (χ1n) is 8.01. The molecule has 0 saturated heterocycles. The van der Waals surface area contributed by atoms with E-state index in [9.17, 15) is 4.79 Å². The van der Waals surface area contributed by atoms with Crippen LogP contribution in [0, 0.1) is 19.8 Å². The third-order valence-corrected chi connectivity index (χ3v) is 4.14. The van der Waals surface area contributed by atoms with E-state index in [1.165, 1.54) is 11.1 Å². The molecule has 0 spiro atoms. The van der Waals surface area contributed by atoms with Crippen LogP contribution in [0.3, 0.4) is 0 Å². The van der Waals surface area contributed by atoms with Crippen LogP contribution in [0.5, 0.6) is 5.75 Å². The molecule has 4 nitrogen and oxygen atoms in total. The van der Waals surface area contributed by atoms with E-state index in [0.29, 0.717) is 25.5 Å². The van der Waals surface area contributed by atoms with Crippen LogP contribution in [-0.4, -0.2) is 37.0 Å². The quantitative estimate of drug-likeness (QED) is 0.803. The van der Waals surface area contributed by atoms with Gasteiger partial charge in [0.1, 0.15) is 5.75 Å². The average Bonchev–Trinajstić information content (AvgIpc) is 2.47. The maximum Gasteiger partial charge on any atom is 0.225 e. The first kappa shape index (κ1) is 18.5. The van der Waals surface area contributed by atoms with Crippen molar-refractivity contribution < 1.29 is 9.53 Å². The number of aryl methyl sites for hydroxylation is 2. The van der Waals surface area contributed by atoms with Gasteiger partial charge >= 0.3 is 0 Å². The fraction of sp³-hybridized carbons (Fsp3) is 0.611. The van der Waals surface area contributed by atoms with Crippen LogP contribution < -0.4 is 10.5 Å². The fourth-order valence-electron chi connectivity index (χ4n) is 2.05. The molecule has 1 aromatic rings. The summed E-state index contributed by atoms with van der Waals surface area (Å²) in [6.45, 7) is 9.43. The van der Waals surface area contributed by atoms with Crippen LogP contribution in [0.25, 0.3) is 0 Å². The number of nitrogens with zero attached hydrogens (tertiary/aromatic N) is 1. The van der Waals surface area contributed by atoms with Crippen molar-refractivity contribution in [1.82, 2.24) is 4.90 Å². The van der Waals surface area contributed by atoms with E-state index in [1.807, 2.05) is 25.2 Å². The molecule has 0 bridgehead atoms. The predicted octanol–water partition coefficient (Wildman–Crippen LogP) is 2.90. The number of hydrogen-bond donors (Lipinski definition) is 1. The molecule has 22 heavy (non-hydrogen) atoms. The smallest absolute Gasteiger partial charge is 0.225 e. The average molecular weight is 306 g/mol. The molecule has 1 amide bonds. The van der Waals surface area contributed by atoms with E-state index in [2.05, 4.69) is 27.7 Å². The molecule has 0 aliphatic heterocycles. The largest absolute Gasteiger partial charge is 0.493 e. The lowest BCUT2D eigenvalue weighted by molar-refractivity contribution is -0.130. The summed E-state index contributed by atoms with van der Waals surface area (Å²) < 4.78 is 5.65. The number of rotatable bonds is 8. The summed E-state index contributed by atoms with van der Waals surface area (Å²) in [5.41, 5.74) is 8.44. The Labute approximate surface area is 134 Å². The van der Waals surface area contributed by atoms with Gasteiger partial charge in [-0.05, 0) is 49.4 Å². The number of nitrogens with two attached hydrogens (primary N) is 1. The highest BCUT2D eigenvalue weighted by Crippen LogP contribution is 2.16. The summed E-state index contributed by atoms with van der Waals surface area (Å²) in [6, 6.07) is 6.12. The molecular formula is C18H30N2O2. The predicted molar refractivity (Wildman–Crippen MR) is 91.1 cm³/mol. The van der Waals surface area contributed by atoms with Crippen LogP contribution in [0.15, 0.2) is 18.2 Å². The first-order chi connectivity index (χ1) is 10.3. The SMILES string of the molecule is Cc1ccc(OCCC(=O)N(C)CCC(N)C(C)C)cc1C. The summed E-state index contributed by atoms with van der Waals surface area (Å²) in [6.07, 6.45) is 1.22. The molecule has 1 atom stereocenters. The minimum atomic E-state index is 0.0970. The van der Waals surface area contributed by atoms with E-state index in [4.69, 9.17) is 10.5 Å². The van der Waals surface area contributed by atoms with Crippen molar-refractivity contribution in [2.45, 2.75) is 46.6 Å². The van der Waals surface area contributed by atoms with Crippen LogP contribution in [-0.2, 0) is 4.79 Å². The van der Waals surface area contributed by atoms with Crippen molar-refractivity contribution in [2.75, 3.05) is 20.2 Å². The van der Waals surface area contributed by atoms with Gasteiger partial charge in [0.2, 0.25) is 5.91 Å². The third kappa shape index (κ3) is 6.06. The zero-order valence-electron chi connectivity index (χ0n) is 14.6. The number of carbonyl (C=O) groups excluding carboxylic acids is 1. The summed E-state index contributed by atoms with van der Waals surface area (Å²) in [5, 5.41) is 0. The van der Waals surface area contributed by atoms with Crippen LogP contribution in [0.1, 0.15) is 37.8 Å². The van der Waals surface area contributed by atoms with Gasteiger partial charge in [0.15, 0.2) is 0 Å². The lowest BCUT2D eigenvalue weighted by Gasteiger charge is -2.21. The van der Waals surface area contributed by atoms with Gasteiger partial charge in [-0.2, -0.15) is 0 Å². The molecule has 0 fully saturated rings. The highest BCUT2D eigenvalue weighted by Gasteiger charge is 2.12. The Balaban J connectivity index is 2.31. The van der Waals surface area contributed by atoms with E-state index < -0.39 is 0 Å². The van der Waals surface area contributed by atoms with Gasteiger partial charge in [0.25, 0.3) is 0 Å². The molecule has 4 heteroatoms. The zero-order valence-corrected chi connectivity index (χ0v) is 14.6. The second-order valence-corrected chi connectivity index (χ2v) is 6.36. The Bertz CT molecular complexity index is 486. The normalized spacial score (nSPS) is 12.3. The Kier molecular flexibility index (Phi) is 7.39. The minimum absolute atomic E-state index is 0.0970. The molecular weight excluding hydrogens is 276 g/mol. The fourth-order valence-corrected chi connectivity index (χ4v) is 2.05. The Morgan fingerprint density at radius 2 is 1.95 bits per heavy atom. The molecule has 0 heterocycles. The second-order valence-electron chi connectivity index (χ2n) is 6.36. The molecule has 1 rings (SSSR count). The molecule has 0 radical (unpaired) electrons. The number of benzene rings is 1. The summed E-state index contributed by atoms with van der Waals surface area (Å²) in [5.74, 6) is 1.36. The highest BCUT2D eigenvalue weighted by atomic mass is 16.5. The maximum absolute atomic E-state index is 12.0. The summed E-state index contributed by atoms with van der Waals surface area (Å²) >= 11 is 0. The Morgan fingerprint density at radius 1 is 1.27 bits per heavy atom. The van der Waals surface area contributed by atoms with E-state index in [-0.39, 0.29) is 11.9 Å². The third-order valence-electron chi connectivity index (χ3n) is 4.14. The van der Waals surface area contributed by atoms with Crippen LogP contribution in [0.2, 0.25) is 0 Å². The standard InChI is InChI=1S/C18H30N2O2/c1-13(2)17(19)8-10-20(5)18(21)9-11-22-16-7-6-14(3)15(4)12-16/h6-7,12-13,17H,8-11,19H2,1-5H3. The topological polar surface area (TPSA) is 55.6 Å². The monoisotopic (exact) mass is 306 g/mol. The van der Waals surface area contributed by atoms with Gasteiger partial charge in [-0.15, -0.1) is 0 Å². The molecule has 1 aromatic carbocycles. The number of carbonyl (C=O) groups is 1. The Morgan fingerprint density at radius 3 is 2.55 bits per heavy atom. The molecule has 2 N–H and O–H groups in total. The number of hydrogen-bond acceptors (Lipinski definition) is 3. The first-order valence-corrected chi connectivity index (χ1v) is 8.01. The minimum Gasteiger partial charge on any atom is -0.493 e. The maximum atomic E-state index is 12.0.